The van der Waals surface area contributed by atoms with E-state index in [4.69, 9.17) is 14.2 Å². The molecule has 0 spiro atoms. The van der Waals surface area contributed by atoms with Gasteiger partial charge in [0.1, 0.15) is 6.10 Å². The van der Waals surface area contributed by atoms with Crippen molar-refractivity contribution in [3.63, 3.8) is 0 Å². The van der Waals surface area contributed by atoms with E-state index in [1.165, 1.54) is 6.92 Å². The molecule has 0 saturated carbocycles. The van der Waals surface area contributed by atoms with Crippen molar-refractivity contribution in [1.29, 1.82) is 0 Å². The first-order valence-corrected chi connectivity index (χ1v) is 8.57. The van der Waals surface area contributed by atoms with E-state index in [1.54, 1.807) is 30.3 Å². The molecule has 2 saturated heterocycles. The van der Waals surface area contributed by atoms with Crippen LogP contribution < -0.4 is 0 Å². The van der Waals surface area contributed by atoms with Gasteiger partial charge in [0.15, 0.2) is 12.4 Å². The maximum absolute atomic E-state index is 12.5. The van der Waals surface area contributed by atoms with Gasteiger partial charge in [0.2, 0.25) is 6.10 Å². The van der Waals surface area contributed by atoms with Crippen LogP contribution in [-0.4, -0.2) is 44.3 Å². The van der Waals surface area contributed by atoms with Crippen molar-refractivity contribution in [2.75, 3.05) is 0 Å². The van der Waals surface area contributed by atoms with Gasteiger partial charge in [0.05, 0.1) is 6.10 Å². The molecule has 0 amide bonds. The van der Waals surface area contributed by atoms with Crippen LogP contribution in [-0.2, 0) is 33.3 Å². The topological polar surface area (TPSA) is 88.1 Å². The van der Waals surface area contributed by atoms with Crippen LogP contribution in [0.3, 0.4) is 0 Å². The SMILES string of the molecule is C[C@@H]1O[C@@H](c2ccccc2)O[C@@H]2[C@H]1OC(=O)[C@H]2OS(=O)(=O)C(F)(F)F. The quantitative estimate of drug-likeness (QED) is 0.446. The van der Waals surface area contributed by atoms with E-state index in [-0.39, 0.29) is 0 Å². The third kappa shape index (κ3) is 3.36. The summed E-state index contributed by atoms with van der Waals surface area (Å²) < 4.78 is 80.0. The van der Waals surface area contributed by atoms with Crippen LogP contribution in [0.4, 0.5) is 13.2 Å². The molecule has 2 aliphatic rings. The normalized spacial score (nSPS) is 33.0. The number of hydrogen-bond acceptors (Lipinski definition) is 7. The van der Waals surface area contributed by atoms with E-state index < -0.39 is 52.3 Å². The van der Waals surface area contributed by atoms with Crippen molar-refractivity contribution in [2.45, 2.75) is 43.1 Å². The fourth-order valence-electron chi connectivity index (χ4n) is 2.59. The van der Waals surface area contributed by atoms with Crippen LogP contribution in [0.1, 0.15) is 18.8 Å². The summed E-state index contributed by atoms with van der Waals surface area (Å²) in [5.74, 6) is -1.26. The second kappa shape index (κ2) is 6.24. The molecular weight excluding hydrogens is 369 g/mol. The molecule has 0 aromatic heterocycles. The Kier molecular flexibility index (Phi) is 4.52. The van der Waals surface area contributed by atoms with E-state index in [0.29, 0.717) is 5.56 Å². The van der Waals surface area contributed by atoms with E-state index in [2.05, 4.69) is 4.18 Å². The molecule has 0 unspecified atom stereocenters. The summed E-state index contributed by atoms with van der Waals surface area (Å²) >= 11 is 0. The number of fused-ring (bicyclic) bond motifs is 1. The Morgan fingerprint density at radius 3 is 2.32 bits per heavy atom. The van der Waals surface area contributed by atoms with Crippen molar-refractivity contribution in [1.82, 2.24) is 0 Å². The van der Waals surface area contributed by atoms with Crippen molar-refractivity contribution in [3.05, 3.63) is 35.9 Å². The largest absolute Gasteiger partial charge is 0.523 e. The zero-order valence-electron chi connectivity index (χ0n) is 12.7. The lowest BCUT2D eigenvalue weighted by Gasteiger charge is -2.36. The first kappa shape index (κ1) is 18.1. The van der Waals surface area contributed by atoms with Crippen LogP contribution in [0.25, 0.3) is 0 Å². The second-order valence-corrected chi connectivity index (χ2v) is 7.07. The summed E-state index contributed by atoms with van der Waals surface area (Å²) in [4.78, 5) is 11.8. The predicted octanol–water partition coefficient (Wildman–Crippen LogP) is 1.65. The average Bonchev–Trinajstić information content (AvgIpc) is 2.84. The maximum Gasteiger partial charge on any atom is 0.523 e. The third-order valence-corrected chi connectivity index (χ3v) is 4.80. The number of halogens is 3. The number of alkyl halides is 3. The number of rotatable bonds is 3. The molecule has 0 N–H and O–H groups in total. The van der Waals surface area contributed by atoms with Crippen LogP contribution in [0.15, 0.2) is 30.3 Å². The van der Waals surface area contributed by atoms with Gasteiger partial charge >= 0.3 is 21.6 Å². The monoisotopic (exact) mass is 382 g/mol. The van der Waals surface area contributed by atoms with Gasteiger partial charge in [-0.15, -0.1) is 0 Å². The van der Waals surface area contributed by atoms with Gasteiger partial charge < -0.3 is 14.2 Å². The Morgan fingerprint density at radius 2 is 1.72 bits per heavy atom. The molecule has 25 heavy (non-hydrogen) atoms. The van der Waals surface area contributed by atoms with Crippen LogP contribution in [0, 0.1) is 0 Å². The van der Waals surface area contributed by atoms with E-state index >= 15 is 0 Å². The molecule has 3 rings (SSSR count). The standard InChI is InChI=1S/C14H13F3O7S/c1-7-9-10(23-13(21-7)8-5-3-2-4-6-8)11(12(18)22-9)24-25(19,20)14(15,16)17/h2-7,9-11,13H,1H3/t7-,9-,10+,11-,13+/m0/s1. The summed E-state index contributed by atoms with van der Waals surface area (Å²) in [5.41, 5.74) is -5.12. The Balaban J connectivity index is 1.85. The van der Waals surface area contributed by atoms with E-state index in [1.807, 2.05) is 0 Å². The maximum atomic E-state index is 12.5. The summed E-state index contributed by atoms with van der Waals surface area (Å²) in [6, 6.07) is 8.42. The zero-order chi connectivity index (χ0) is 18.4. The van der Waals surface area contributed by atoms with Gasteiger partial charge in [-0.3, -0.25) is 0 Å². The molecule has 2 heterocycles. The molecule has 0 bridgehead atoms. The second-order valence-electron chi connectivity index (χ2n) is 5.50. The van der Waals surface area contributed by atoms with Crippen LogP contribution in [0.5, 0.6) is 0 Å². The molecule has 0 aliphatic carbocycles. The minimum atomic E-state index is -5.99. The minimum Gasteiger partial charge on any atom is -0.455 e. The number of ether oxygens (including phenoxy) is 3. The highest BCUT2D eigenvalue weighted by atomic mass is 32.2. The van der Waals surface area contributed by atoms with Crippen LogP contribution >= 0.6 is 0 Å². The molecular formula is C14H13F3O7S. The number of hydrogen-bond donors (Lipinski definition) is 0. The molecule has 1 aromatic carbocycles. The summed E-state index contributed by atoms with van der Waals surface area (Å²) in [6.45, 7) is 1.53. The molecule has 1 aromatic rings. The highest BCUT2D eigenvalue weighted by Crippen LogP contribution is 2.39. The van der Waals surface area contributed by atoms with Gasteiger partial charge in [0.25, 0.3) is 0 Å². The molecule has 138 valence electrons. The van der Waals surface area contributed by atoms with Gasteiger partial charge in [-0.25, -0.2) is 8.98 Å². The summed E-state index contributed by atoms with van der Waals surface area (Å²) in [5, 5.41) is 0. The molecule has 7 nitrogen and oxygen atoms in total. The first-order chi connectivity index (χ1) is 11.6. The fraction of sp³-hybridized carbons (Fsp3) is 0.500. The van der Waals surface area contributed by atoms with Crippen LogP contribution in [0.2, 0.25) is 0 Å². The van der Waals surface area contributed by atoms with Gasteiger partial charge in [-0.05, 0) is 6.92 Å². The van der Waals surface area contributed by atoms with Gasteiger partial charge in [0, 0.05) is 5.56 Å². The number of benzene rings is 1. The Morgan fingerprint density at radius 1 is 1.08 bits per heavy atom. The number of esters is 1. The first-order valence-electron chi connectivity index (χ1n) is 7.16. The molecule has 5 atom stereocenters. The van der Waals surface area contributed by atoms with Crippen molar-refractivity contribution >= 4 is 16.1 Å². The fourth-order valence-corrected chi connectivity index (χ4v) is 3.16. The third-order valence-electron chi connectivity index (χ3n) is 3.77. The smallest absolute Gasteiger partial charge is 0.455 e. The summed E-state index contributed by atoms with van der Waals surface area (Å²) in [6.07, 6.45) is -6.25. The molecule has 2 aliphatic heterocycles. The lowest BCUT2D eigenvalue weighted by molar-refractivity contribution is -0.277. The molecule has 0 radical (unpaired) electrons. The lowest BCUT2D eigenvalue weighted by Crippen LogP contribution is -2.48. The Bertz CT molecular complexity index is 749. The van der Waals surface area contributed by atoms with E-state index in [0.717, 1.165) is 0 Å². The minimum absolute atomic E-state index is 0.546. The molecule has 2 fully saturated rings. The lowest BCUT2D eigenvalue weighted by atomic mass is 10.0. The number of carbonyl (C=O) groups excluding carboxylic acids is 1. The molecule has 11 heteroatoms. The summed E-state index contributed by atoms with van der Waals surface area (Å²) in [7, 11) is -5.99. The van der Waals surface area contributed by atoms with Gasteiger partial charge in [-0.2, -0.15) is 21.6 Å². The highest BCUT2D eigenvalue weighted by molar-refractivity contribution is 7.87. The Labute approximate surface area is 140 Å². The van der Waals surface area contributed by atoms with Crippen molar-refractivity contribution in [2.24, 2.45) is 0 Å². The zero-order valence-corrected chi connectivity index (χ0v) is 13.5. The Hall–Kier alpha value is -1.69. The highest BCUT2D eigenvalue weighted by Gasteiger charge is 2.58. The van der Waals surface area contributed by atoms with Crippen molar-refractivity contribution in [3.8, 4) is 0 Å². The van der Waals surface area contributed by atoms with E-state index in [9.17, 15) is 26.4 Å². The van der Waals surface area contributed by atoms with Crippen molar-refractivity contribution < 1.29 is 44.8 Å². The van der Waals surface area contributed by atoms with Gasteiger partial charge in [-0.1, -0.05) is 30.3 Å². The predicted molar refractivity (Wildman–Crippen MR) is 74.3 cm³/mol. The average molecular weight is 382 g/mol. The number of carbonyl (C=O) groups is 1.